The van der Waals surface area contributed by atoms with Crippen molar-refractivity contribution in [3.8, 4) is 0 Å². The van der Waals surface area contributed by atoms with Crippen molar-refractivity contribution in [3.05, 3.63) is 0 Å². The van der Waals surface area contributed by atoms with E-state index >= 15 is 0 Å². The molecule has 1 aliphatic carbocycles. The normalized spacial score (nSPS) is 21.9. The number of ether oxygens (including phenoxy) is 1. The quantitative estimate of drug-likeness (QED) is 0.871. The van der Waals surface area contributed by atoms with E-state index < -0.39 is 23.9 Å². The molecule has 1 saturated heterocycles. The topological polar surface area (TPSA) is 58.6 Å². The van der Waals surface area contributed by atoms with E-state index in [4.69, 9.17) is 4.74 Å². The van der Waals surface area contributed by atoms with Gasteiger partial charge in [0.2, 0.25) is 5.91 Å². The van der Waals surface area contributed by atoms with Crippen LogP contribution in [0.2, 0.25) is 0 Å². The lowest BCUT2D eigenvalue weighted by Gasteiger charge is -2.39. The molecule has 2 amide bonds. The number of amides is 2. The van der Waals surface area contributed by atoms with Gasteiger partial charge in [-0.1, -0.05) is 19.3 Å². The lowest BCUT2D eigenvalue weighted by atomic mass is 9.83. The molecule has 0 aromatic rings. The summed E-state index contributed by atoms with van der Waals surface area (Å²) in [6, 6.07) is -0.595. The van der Waals surface area contributed by atoms with Crippen LogP contribution in [0, 0.1) is 5.92 Å². The van der Waals surface area contributed by atoms with E-state index in [1.165, 1.54) is 11.3 Å². The van der Waals surface area contributed by atoms with Gasteiger partial charge in [-0.05, 0) is 39.5 Å². The van der Waals surface area contributed by atoms with E-state index in [1.807, 2.05) is 0 Å². The highest BCUT2D eigenvalue weighted by molar-refractivity contribution is 5.86. The van der Waals surface area contributed by atoms with E-state index in [2.05, 4.69) is 5.32 Å². The summed E-state index contributed by atoms with van der Waals surface area (Å²) < 4.78 is 18.3. The van der Waals surface area contributed by atoms with E-state index in [0.29, 0.717) is 0 Å². The first-order valence-corrected chi connectivity index (χ1v) is 8.18. The molecule has 126 valence electrons. The Hall–Kier alpha value is -1.33. The summed E-state index contributed by atoms with van der Waals surface area (Å²) in [5.41, 5.74) is -0.606. The molecule has 5 nitrogen and oxygen atoms in total. The molecule has 1 unspecified atom stereocenters. The average molecular weight is 314 g/mol. The summed E-state index contributed by atoms with van der Waals surface area (Å²) in [5.74, 6) is -0.0564. The first-order valence-electron chi connectivity index (χ1n) is 8.18. The molecule has 1 saturated carbocycles. The van der Waals surface area contributed by atoms with E-state index in [1.54, 1.807) is 20.8 Å². The molecule has 1 N–H and O–H groups in total. The molecule has 22 heavy (non-hydrogen) atoms. The van der Waals surface area contributed by atoms with Crippen LogP contribution < -0.4 is 5.32 Å². The minimum atomic E-state index is -0.933. The van der Waals surface area contributed by atoms with Crippen molar-refractivity contribution >= 4 is 12.0 Å². The van der Waals surface area contributed by atoms with Crippen LogP contribution in [-0.4, -0.2) is 47.8 Å². The lowest BCUT2D eigenvalue weighted by molar-refractivity contribution is -0.142. The maximum absolute atomic E-state index is 13.0. The van der Waals surface area contributed by atoms with Gasteiger partial charge in [-0.25, -0.2) is 9.18 Å². The Kier molecular flexibility index (Phi) is 5.29. The Labute approximate surface area is 131 Å². The zero-order valence-electron chi connectivity index (χ0n) is 13.7. The molecular weight excluding hydrogens is 287 g/mol. The molecule has 0 bridgehead atoms. The first kappa shape index (κ1) is 17.0. The number of rotatable bonds is 3. The number of hydrogen-bond donors (Lipinski definition) is 1. The van der Waals surface area contributed by atoms with Gasteiger partial charge < -0.3 is 15.0 Å². The fourth-order valence-electron chi connectivity index (χ4n) is 3.08. The summed E-state index contributed by atoms with van der Waals surface area (Å²) in [7, 11) is 0. The predicted molar refractivity (Wildman–Crippen MR) is 81.2 cm³/mol. The maximum Gasteiger partial charge on any atom is 0.408 e. The summed E-state index contributed by atoms with van der Waals surface area (Å²) in [4.78, 5) is 26.1. The number of halogens is 1. The zero-order chi connectivity index (χ0) is 16.3. The van der Waals surface area contributed by atoms with Gasteiger partial charge >= 0.3 is 6.09 Å². The average Bonchev–Trinajstić information content (AvgIpc) is 2.40. The number of hydrogen-bond acceptors (Lipinski definition) is 3. The Morgan fingerprint density at radius 3 is 2.27 bits per heavy atom. The van der Waals surface area contributed by atoms with Gasteiger partial charge in [0.1, 0.15) is 17.8 Å². The molecule has 1 aliphatic heterocycles. The number of carbonyl (C=O) groups excluding carboxylic acids is 2. The smallest absolute Gasteiger partial charge is 0.408 e. The molecule has 1 atom stereocenters. The molecule has 2 rings (SSSR count). The number of carbonyl (C=O) groups is 2. The molecule has 0 spiro atoms. The van der Waals surface area contributed by atoms with E-state index in [9.17, 15) is 14.0 Å². The first-order chi connectivity index (χ1) is 10.3. The largest absolute Gasteiger partial charge is 0.444 e. The SMILES string of the molecule is CC(C)(C)OC(=O)NC(C(=O)N1CC(F)C1)C1CCCCC1. The van der Waals surface area contributed by atoms with Crippen LogP contribution in [0.3, 0.4) is 0 Å². The summed E-state index contributed by atoms with van der Waals surface area (Å²) >= 11 is 0. The highest BCUT2D eigenvalue weighted by atomic mass is 19.1. The molecule has 2 fully saturated rings. The van der Waals surface area contributed by atoms with Crippen molar-refractivity contribution < 1.29 is 18.7 Å². The second-order valence-corrected chi connectivity index (χ2v) is 7.36. The number of alkyl carbamates (subject to hydrolysis) is 1. The van der Waals surface area contributed by atoms with Gasteiger partial charge in [0, 0.05) is 0 Å². The van der Waals surface area contributed by atoms with Gasteiger partial charge in [-0.15, -0.1) is 0 Å². The van der Waals surface area contributed by atoms with Gasteiger partial charge in [0.25, 0.3) is 0 Å². The van der Waals surface area contributed by atoms with Gasteiger partial charge in [0.15, 0.2) is 0 Å². The third-order valence-corrected chi connectivity index (χ3v) is 4.21. The second kappa shape index (κ2) is 6.84. The molecule has 0 aromatic carbocycles. The van der Waals surface area contributed by atoms with Crippen LogP contribution in [0.25, 0.3) is 0 Å². The number of nitrogens with zero attached hydrogens (tertiary/aromatic N) is 1. The standard InChI is InChI=1S/C16H27FN2O3/c1-16(2,3)22-15(21)18-13(11-7-5-4-6-8-11)14(20)19-9-12(17)10-19/h11-13H,4-10H2,1-3H3,(H,18,21). The molecule has 6 heteroatoms. The number of likely N-dealkylation sites (tertiary alicyclic amines) is 1. The Bertz CT molecular complexity index is 410. The van der Waals surface area contributed by atoms with Crippen LogP contribution in [0.1, 0.15) is 52.9 Å². The van der Waals surface area contributed by atoms with Crippen molar-refractivity contribution in [2.75, 3.05) is 13.1 Å². The molecule has 2 aliphatic rings. The minimum absolute atomic E-state index is 0.118. The fourth-order valence-corrected chi connectivity index (χ4v) is 3.08. The van der Waals surface area contributed by atoms with Crippen LogP contribution in [0.15, 0.2) is 0 Å². The molecule has 0 radical (unpaired) electrons. The molecule has 0 aromatic heterocycles. The van der Waals surface area contributed by atoms with Gasteiger partial charge in [-0.2, -0.15) is 0 Å². The van der Waals surface area contributed by atoms with Crippen LogP contribution in [0.5, 0.6) is 0 Å². The zero-order valence-corrected chi connectivity index (χ0v) is 13.7. The van der Waals surface area contributed by atoms with Crippen LogP contribution in [-0.2, 0) is 9.53 Å². The highest BCUT2D eigenvalue weighted by Gasteiger charge is 2.39. The summed E-state index contributed by atoms with van der Waals surface area (Å²) in [5, 5.41) is 2.73. The van der Waals surface area contributed by atoms with Crippen molar-refractivity contribution in [2.45, 2.75) is 70.7 Å². The molecular formula is C16H27FN2O3. The van der Waals surface area contributed by atoms with E-state index in [0.717, 1.165) is 25.7 Å². The van der Waals surface area contributed by atoms with Gasteiger partial charge in [0.05, 0.1) is 13.1 Å². The lowest BCUT2D eigenvalue weighted by Crippen LogP contribution is -2.60. The number of nitrogens with one attached hydrogen (secondary N) is 1. The van der Waals surface area contributed by atoms with Gasteiger partial charge in [-0.3, -0.25) is 4.79 Å². The van der Waals surface area contributed by atoms with Crippen molar-refractivity contribution in [1.29, 1.82) is 0 Å². The van der Waals surface area contributed by atoms with Crippen molar-refractivity contribution in [1.82, 2.24) is 10.2 Å². The predicted octanol–water partition coefficient (Wildman–Crippen LogP) is 2.64. The Balaban J connectivity index is 2.00. The number of alkyl halides is 1. The molecule has 1 heterocycles. The third kappa shape index (κ3) is 4.58. The fraction of sp³-hybridized carbons (Fsp3) is 0.875. The third-order valence-electron chi connectivity index (χ3n) is 4.21. The Morgan fingerprint density at radius 2 is 1.77 bits per heavy atom. The highest BCUT2D eigenvalue weighted by Crippen LogP contribution is 2.28. The van der Waals surface area contributed by atoms with Crippen LogP contribution >= 0.6 is 0 Å². The second-order valence-electron chi connectivity index (χ2n) is 7.36. The summed E-state index contributed by atoms with van der Waals surface area (Å²) in [6.45, 7) is 5.63. The summed E-state index contributed by atoms with van der Waals surface area (Å²) in [6.07, 6.45) is 3.62. The Morgan fingerprint density at radius 1 is 1.18 bits per heavy atom. The minimum Gasteiger partial charge on any atom is -0.444 e. The van der Waals surface area contributed by atoms with E-state index in [-0.39, 0.29) is 24.9 Å². The van der Waals surface area contributed by atoms with Crippen LogP contribution in [0.4, 0.5) is 9.18 Å². The van der Waals surface area contributed by atoms with Crippen molar-refractivity contribution in [2.24, 2.45) is 5.92 Å². The maximum atomic E-state index is 13.0. The van der Waals surface area contributed by atoms with Crippen molar-refractivity contribution in [3.63, 3.8) is 0 Å². The monoisotopic (exact) mass is 314 g/mol.